The monoisotopic (exact) mass is 323 g/mol. The van der Waals surface area contributed by atoms with E-state index < -0.39 is 5.25 Å². The Morgan fingerprint density at radius 3 is 2.30 bits per heavy atom. The molecule has 3 rings (SSSR count). The minimum atomic E-state index is -0.457. The van der Waals surface area contributed by atoms with Gasteiger partial charge >= 0.3 is 0 Å². The van der Waals surface area contributed by atoms with Crippen molar-refractivity contribution in [2.75, 3.05) is 0 Å². The SMILES string of the molecule is Cn1c(-c2ccccc2)cnc1SC(C(N)=O)c1ccccc1. The number of amides is 1. The summed E-state index contributed by atoms with van der Waals surface area (Å²) in [6.45, 7) is 0. The average Bonchev–Trinajstić information content (AvgIpc) is 2.94. The van der Waals surface area contributed by atoms with Gasteiger partial charge in [0.05, 0.1) is 11.9 Å². The molecule has 0 spiro atoms. The number of imidazole rings is 1. The van der Waals surface area contributed by atoms with Crippen LogP contribution < -0.4 is 5.73 Å². The minimum Gasteiger partial charge on any atom is -0.368 e. The number of carbonyl (C=O) groups is 1. The lowest BCUT2D eigenvalue weighted by atomic mass is 10.1. The van der Waals surface area contributed by atoms with E-state index in [1.54, 1.807) is 0 Å². The van der Waals surface area contributed by atoms with E-state index in [0.29, 0.717) is 0 Å². The molecule has 0 bridgehead atoms. The van der Waals surface area contributed by atoms with Crippen molar-refractivity contribution in [3.63, 3.8) is 0 Å². The van der Waals surface area contributed by atoms with Gasteiger partial charge in [0.25, 0.3) is 0 Å². The van der Waals surface area contributed by atoms with E-state index in [1.165, 1.54) is 11.8 Å². The molecule has 0 aliphatic heterocycles. The molecule has 2 aromatic carbocycles. The number of nitrogens with two attached hydrogens (primary N) is 1. The van der Waals surface area contributed by atoms with Crippen LogP contribution in [0.2, 0.25) is 0 Å². The summed E-state index contributed by atoms with van der Waals surface area (Å²) in [7, 11) is 1.95. The van der Waals surface area contributed by atoms with Crippen LogP contribution in [0.25, 0.3) is 11.3 Å². The average molecular weight is 323 g/mol. The Balaban J connectivity index is 1.91. The van der Waals surface area contributed by atoms with Gasteiger partial charge < -0.3 is 10.3 Å². The number of hydrogen-bond acceptors (Lipinski definition) is 3. The molecule has 0 saturated carbocycles. The topological polar surface area (TPSA) is 60.9 Å². The maximum Gasteiger partial charge on any atom is 0.235 e. The summed E-state index contributed by atoms with van der Waals surface area (Å²) in [4.78, 5) is 16.3. The molecule has 0 aliphatic carbocycles. The maximum atomic E-state index is 11.9. The number of rotatable bonds is 5. The van der Waals surface area contributed by atoms with Crippen molar-refractivity contribution >= 4 is 17.7 Å². The zero-order valence-corrected chi connectivity index (χ0v) is 13.5. The van der Waals surface area contributed by atoms with Gasteiger partial charge in [-0.15, -0.1) is 0 Å². The van der Waals surface area contributed by atoms with E-state index in [2.05, 4.69) is 4.98 Å². The predicted octanol–water partition coefficient (Wildman–Crippen LogP) is 3.41. The Labute approximate surface area is 139 Å². The van der Waals surface area contributed by atoms with E-state index in [4.69, 9.17) is 5.73 Å². The molecule has 0 radical (unpaired) electrons. The summed E-state index contributed by atoms with van der Waals surface area (Å²) in [5.74, 6) is -0.370. The van der Waals surface area contributed by atoms with Gasteiger partial charge in [-0.05, 0) is 11.1 Å². The van der Waals surface area contributed by atoms with Crippen molar-refractivity contribution in [1.82, 2.24) is 9.55 Å². The van der Waals surface area contributed by atoms with Gasteiger partial charge in [-0.3, -0.25) is 4.79 Å². The van der Waals surface area contributed by atoms with E-state index in [9.17, 15) is 4.79 Å². The number of carbonyl (C=O) groups excluding carboxylic acids is 1. The Hall–Kier alpha value is -2.53. The van der Waals surface area contributed by atoms with Crippen LogP contribution >= 0.6 is 11.8 Å². The van der Waals surface area contributed by atoms with Gasteiger partial charge in [0.15, 0.2) is 5.16 Å². The molecule has 5 heteroatoms. The number of aromatic nitrogens is 2. The first-order valence-corrected chi connectivity index (χ1v) is 8.13. The second-order valence-corrected chi connectivity index (χ2v) is 6.23. The standard InChI is InChI=1S/C18H17N3OS/c1-21-15(13-8-4-2-5-9-13)12-20-18(21)23-16(17(19)22)14-10-6-3-7-11-14/h2-12,16H,1H3,(H2,19,22). The van der Waals surface area contributed by atoms with Crippen LogP contribution in [0.15, 0.2) is 72.0 Å². The van der Waals surface area contributed by atoms with Crippen molar-refractivity contribution in [1.29, 1.82) is 0 Å². The molecule has 1 unspecified atom stereocenters. The molecule has 3 aromatic rings. The largest absolute Gasteiger partial charge is 0.368 e. The molecule has 0 fully saturated rings. The van der Waals surface area contributed by atoms with Crippen molar-refractivity contribution in [2.24, 2.45) is 12.8 Å². The van der Waals surface area contributed by atoms with E-state index in [1.807, 2.05) is 78.5 Å². The fourth-order valence-corrected chi connectivity index (χ4v) is 3.39. The van der Waals surface area contributed by atoms with Crippen molar-refractivity contribution in [3.8, 4) is 11.3 Å². The highest BCUT2D eigenvalue weighted by Crippen LogP contribution is 2.35. The van der Waals surface area contributed by atoms with Gasteiger partial charge in [0.2, 0.25) is 5.91 Å². The second-order valence-electron chi connectivity index (χ2n) is 5.16. The minimum absolute atomic E-state index is 0.370. The normalized spacial score (nSPS) is 12.0. The summed E-state index contributed by atoms with van der Waals surface area (Å²) in [6, 6.07) is 19.6. The van der Waals surface area contributed by atoms with E-state index in [0.717, 1.165) is 22.0 Å². The third-order valence-electron chi connectivity index (χ3n) is 3.60. The molecular weight excluding hydrogens is 306 g/mol. The first-order chi connectivity index (χ1) is 11.2. The van der Waals surface area contributed by atoms with Crippen LogP contribution in [0.5, 0.6) is 0 Å². The predicted molar refractivity (Wildman–Crippen MR) is 92.9 cm³/mol. The second kappa shape index (κ2) is 6.71. The smallest absolute Gasteiger partial charge is 0.235 e. The molecule has 1 aromatic heterocycles. The number of thioether (sulfide) groups is 1. The fourth-order valence-electron chi connectivity index (χ4n) is 2.40. The number of benzene rings is 2. The molecule has 1 atom stereocenters. The van der Waals surface area contributed by atoms with Crippen LogP contribution in [0.4, 0.5) is 0 Å². The zero-order valence-electron chi connectivity index (χ0n) is 12.7. The van der Waals surface area contributed by atoms with Crippen LogP contribution in [0, 0.1) is 0 Å². The molecule has 23 heavy (non-hydrogen) atoms. The van der Waals surface area contributed by atoms with Crippen molar-refractivity contribution in [2.45, 2.75) is 10.4 Å². The van der Waals surface area contributed by atoms with Crippen molar-refractivity contribution in [3.05, 3.63) is 72.4 Å². The Morgan fingerprint density at radius 2 is 1.70 bits per heavy atom. The van der Waals surface area contributed by atoms with Gasteiger partial charge in [-0.2, -0.15) is 0 Å². The molecule has 4 nitrogen and oxygen atoms in total. The van der Waals surface area contributed by atoms with Crippen LogP contribution in [-0.4, -0.2) is 15.5 Å². The quantitative estimate of drug-likeness (QED) is 0.732. The van der Waals surface area contributed by atoms with Gasteiger partial charge in [0, 0.05) is 7.05 Å². The molecule has 116 valence electrons. The van der Waals surface area contributed by atoms with Crippen molar-refractivity contribution < 1.29 is 4.79 Å². The lowest BCUT2D eigenvalue weighted by molar-refractivity contribution is -0.117. The summed E-state index contributed by atoms with van der Waals surface area (Å²) in [5.41, 5.74) is 8.56. The van der Waals surface area contributed by atoms with Gasteiger partial charge in [-0.25, -0.2) is 4.98 Å². The van der Waals surface area contributed by atoms with Crippen LogP contribution in [0.1, 0.15) is 10.8 Å². The summed E-state index contributed by atoms with van der Waals surface area (Å²) in [6.07, 6.45) is 1.82. The third kappa shape index (κ3) is 3.29. The first kappa shape index (κ1) is 15.4. The zero-order chi connectivity index (χ0) is 16.2. The lowest BCUT2D eigenvalue weighted by Crippen LogP contribution is -2.19. The fraction of sp³-hybridized carbons (Fsp3) is 0.111. The third-order valence-corrected chi connectivity index (χ3v) is 4.93. The van der Waals surface area contributed by atoms with Crippen LogP contribution in [-0.2, 0) is 11.8 Å². The van der Waals surface area contributed by atoms with E-state index >= 15 is 0 Å². The molecule has 2 N–H and O–H groups in total. The summed E-state index contributed by atoms with van der Waals surface area (Å²) >= 11 is 1.37. The molecule has 0 aliphatic rings. The highest BCUT2D eigenvalue weighted by Gasteiger charge is 2.22. The summed E-state index contributed by atoms with van der Waals surface area (Å²) < 4.78 is 1.98. The molecule has 1 amide bonds. The first-order valence-electron chi connectivity index (χ1n) is 7.25. The Kier molecular flexibility index (Phi) is 4.48. The summed E-state index contributed by atoms with van der Waals surface area (Å²) in [5, 5.41) is 0.303. The highest BCUT2D eigenvalue weighted by molar-refractivity contribution is 8.00. The Morgan fingerprint density at radius 1 is 1.09 bits per heavy atom. The molecular formula is C18H17N3OS. The Bertz CT molecular complexity index is 800. The van der Waals surface area contributed by atoms with Gasteiger partial charge in [0.1, 0.15) is 5.25 Å². The highest BCUT2D eigenvalue weighted by atomic mass is 32.2. The van der Waals surface area contributed by atoms with Crippen LogP contribution in [0.3, 0.4) is 0 Å². The lowest BCUT2D eigenvalue weighted by Gasteiger charge is -2.13. The van der Waals surface area contributed by atoms with Gasteiger partial charge in [-0.1, -0.05) is 72.4 Å². The maximum absolute atomic E-state index is 11.9. The molecule has 1 heterocycles. The number of nitrogens with zero attached hydrogens (tertiary/aromatic N) is 2. The van der Waals surface area contributed by atoms with E-state index in [-0.39, 0.29) is 5.91 Å². The molecule has 0 saturated heterocycles. The number of primary amides is 1. The number of hydrogen-bond donors (Lipinski definition) is 1.